The maximum absolute atomic E-state index is 10.7. The number of methoxy groups -OCH3 is 1. The fraction of sp³-hybridized carbons (Fsp3) is 0.889. The molecule has 0 unspecified atom stereocenters. The zero-order valence-electron chi connectivity index (χ0n) is 7.55. The highest BCUT2D eigenvalue weighted by atomic mass is 16.7. The molecule has 0 aromatic carbocycles. The summed E-state index contributed by atoms with van der Waals surface area (Å²) in [7, 11) is 1.60. The van der Waals surface area contributed by atoms with Gasteiger partial charge in [0, 0.05) is 31.8 Å². The van der Waals surface area contributed by atoms with Crippen molar-refractivity contribution in [2.24, 2.45) is 11.8 Å². The Morgan fingerprint density at radius 1 is 1.54 bits per heavy atom. The van der Waals surface area contributed by atoms with E-state index in [1.807, 2.05) is 0 Å². The highest BCUT2D eigenvalue weighted by Crippen LogP contribution is 2.42. The second kappa shape index (κ2) is 3.36. The van der Waals surface area contributed by atoms with Gasteiger partial charge in [0.25, 0.3) is 0 Å². The molecule has 2 rings (SSSR count). The lowest BCUT2D eigenvalue weighted by molar-refractivity contribution is -0.119. The van der Waals surface area contributed by atoms with Gasteiger partial charge in [-0.15, -0.1) is 0 Å². The summed E-state index contributed by atoms with van der Waals surface area (Å²) in [6, 6.07) is 0. The molecule has 1 aliphatic carbocycles. The minimum Gasteiger partial charge on any atom is -0.392 e. The van der Waals surface area contributed by atoms with Gasteiger partial charge in [-0.25, -0.2) is 0 Å². The van der Waals surface area contributed by atoms with Gasteiger partial charge < -0.3 is 19.4 Å². The van der Waals surface area contributed by atoms with Crippen LogP contribution in [0.1, 0.15) is 12.8 Å². The lowest BCUT2D eigenvalue weighted by Crippen LogP contribution is -2.22. The van der Waals surface area contributed by atoms with Crippen molar-refractivity contribution in [3.05, 3.63) is 0 Å². The summed E-state index contributed by atoms with van der Waals surface area (Å²) in [4.78, 5) is 10.7. The second-order valence-electron chi connectivity index (χ2n) is 3.76. The average Bonchev–Trinajstić information content (AvgIpc) is 2.60. The summed E-state index contributed by atoms with van der Waals surface area (Å²) in [6.45, 7) is 0. The van der Waals surface area contributed by atoms with Crippen LogP contribution in [0.2, 0.25) is 0 Å². The van der Waals surface area contributed by atoms with Crippen molar-refractivity contribution in [3.8, 4) is 0 Å². The third kappa shape index (κ3) is 1.39. The smallest absolute Gasteiger partial charge is 0.157 e. The summed E-state index contributed by atoms with van der Waals surface area (Å²) in [5.74, 6) is -0.109. The molecule has 4 heteroatoms. The lowest BCUT2D eigenvalue weighted by Gasteiger charge is -2.13. The van der Waals surface area contributed by atoms with Gasteiger partial charge in [-0.3, -0.25) is 0 Å². The van der Waals surface area contributed by atoms with Gasteiger partial charge in [0.2, 0.25) is 0 Å². The SMILES string of the molecule is CO[C@@H]1C[C@H]2[C@H](C=O)[C@@H](O)C[C@H]2O1. The minimum absolute atomic E-state index is 0.00940. The van der Waals surface area contributed by atoms with Crippen LogP contribution >= 0.6 is 0 Å². The van der Waals surface area contributed by atoms with Gasteiger partial charge >= 0.3 is 0 Å². The number of hydrogen-bond donors (Lipinski definition) is 1. The molecule has 5 atom stereocenters. The van der Waals surface area contributed by atoms with Gasteiger partial charge in [-0.05, 0) is 0 Å². The number of carbonyl (C=O) groups excluding carboxylic acids is 1. The Bertz CT molecular complexity index is 206. The first-order valence-electron chi connectivity index (χ1n) is 4.58. The summed E-state index contributed by atoms with van der Waals surface area (Å²) in [5.41, 5.74) is 0. The van der Waals surface area contributed by atoms with Gasteiger partial charge in [0.15, 0.2) is 6.29 Å². The van der Waals surface area contributed by atoms with Crippen LogP contribution in [0.15, 0.2) is 0 Å². The minimum atomic E-state index is -0.523. The Morgan fingerprint density at radius 3 is 2.92 bits per heavy atom. The molecule has 1 saturated heterocycles. The molecule has 1 N–H and O–H groups in total. The van der Waals surface area contributed by atoms with E-state index in [-0.39, 0.29) is 24.2 Å². The molecule has 0 aromatic rings. The van der Waals surface area contributed by atoms with Gasteiger partial charge in [0.05, 0.1) is 12.2 Å². The molecule has 0 bridgehead atoms. The Hall–Kier alpha value is -0.450. The molecular formula is C9H14O4. The van der Waals surface area contributed by atoms with Gasteiger partial charge in [-0.2, -0.15) is 0 Å². The standard InChI is InChI=1S/C9H14O4/c1-12-9-2-5-6(4-10)7(11)3-8(5)13-9/h4-9,11H,2-3H2,1H3/t5-,6-,7-,8+,9-/m0/s1. The Kier molecular flexibility index (Phi) is 2.36. The van der Waals surface area contributed by atoms with Crippen LogP contribution in [-0.2, 0) is 14.3 Å². The van der Waals surface area contributed by atoms with E-state index in [9.17, 15) is 9.90 Å². The topological polar surface area (TPSA) is 55.8 Å². The molecule has 2 aliphatic rings. The van der Waals surface area contributed by atoms with Gasteiger partial charge in [-0.1, -0.05) is 0 Å². The predicted molar refractivity (Wildman–Crippen MR) is 44.0 cm³/mol. The Labute approximate surface area is 76.8 Å². The van der Waals surface area contributed by atoms with E-state index in [1.54, 1.807) is 7.11 Å². The summed E-state index contributed by atoms with van der Waals surface area (Å²) in [5, 5.41) is 9.50. The maximum Gasteiger partial charge on any atom is 0.157 e. The molecule has 1 saturated carbocycles. The summed E-state index contributed by atoms with van der Waals surface area (Å²) < 4.78 is 10.6. The number of fused-ring (bicyclic) bond motifs is 1. The second-order valence-corrected chi connectivity index (χ2v) is 3.76. The number of carbonyl (C=O) groups is 1. The number of rotatable bonds is 2. The van der Waals surface area contributed by atoms with Crippen molar-refractivity contribution in [2.45, 2.75) is 31.3 Å². The maximum atomic E-state index is 10.7. The largest absolute Gasteiger partial charge is 0.392 e. The zero-order chi connectivity index (χ0) is 9.42. The third-order valence-corrected chi connectivity index (χ3v) is 3.10. The number of aldehydes is 1. The Morgan fingerprint density at radius 2 is 2.31 bits per heavy atom. The van der Waals surface area contributed by atoms with Crippen molar-refractivity contribution in [1.29, 1.82) is 0 Å². The van der Waals surface area contributed by atoms with Crippen LogP contribution in [0.4, 0.5) is 0 Å². The first-order valence-corrected chi connectivity index (χ1v) is 4.58. The first-order chi connectivity index (χ1) is 6.26. The monoisotopic (exact) mass is 186 g/mol. The third-order valence-electron chi connectivity index (χ3n) is 3.10. The van der Waals surface area contributed by atoms with Crippen molar-refractivity contribution < 1.29 is 19.4 Å². The molecule has 2 fully saturated rings. The lowest BCUT2D eigenvalue weighted by atomic mass is 9.93. The van der Waals surface area contributed by atoms with Crippen molar-refractivity contribution in [3.63, 3.8) is 0 Å². The van der Waals surface area contributed by atoms with Crippen molar-refractivity contribution >= 4 is 6.29 Å². The number of aliphatic hydroxyl groups excluding tert-OH is 1. The first kappa shape index (κ1) is 9.12. The predicted octanol–water partition coefficient (Wildman–Crippen LogP) is -0.0563. The summed E-state index contributed by atoms with van der Waals surface area (Å²) in [6.07, 6.45) is 1.43. The molecule has 74 valence electrons. The molecule has 0 spiro atoms. The average molecular weight is 186 g/mol. The normalized spacial score (nSPS) is 49.2. The van der Waals surface area contributed by atoms with Crippen molar-refractivity contribution in [1.82, 2.24) is 0 Å². The van der Waals surface area contributed by atoms with E-state index in [4.69, 9.17) is 9.47 Å². The Balaban J connectivity index is 2.06. The highest BCUT2D eigenvalue weighted by Gasteiger charge is 2.49. The molecule has 0 radical (unpaired) electrons. The molecule has 13 heavy (non-hydrogen) atoms. The van der Waals surface area contributed by atoms with E-state index < -0.39 is 6.10 Å². The van der Waals surface area contributed by atoms with Crippen LogP contribution in [0.5, 0.6) is 0 Å². The van der Waals surface area contributed by atoms with Crippen LogP contribution in [0.25, 0.3) is 0 Å². The van der Waals surface area contributed by atoms with E-state index in [1.165, 1.54) is 0 Å². The van der Waals surface area contributed by atoms with E-state index >= 15 is 0 Å². The van der Waals surface area contributed by atoms with E-state index in [0.29, 0.717) is 6.42 Å². The number of ether oxygens (including phenoxy) is 2. The zero-order valence-corrected chi connectivity index (χ0v) is 7.55. The van der Waals surface area contributed by atoms with Crippen LogP contribution in [-0.4, -0.2) is 37.0 Å². The molecular weight excluding hydrogens is 172 g/mol. The number of hydrogen-bond acceptors (Lipinski definition) is 4. The molecule has 0 amide bonds. The summed E-state index contributed by atoms with van der Waals surface area (Å²) >= 11 is 0. The highest BCUT2D eigenvalue weighted by molar-refractivity contribution is 5.56. The molecule has 1 heterocycles. The molecule has 1 aliphatic heterocycles. The molecule has 4 nitrogen and oxygen atoms in total. The number of aliphatic hydroxyl groups is 1. The quantitative estimate of drug-likeness (QED) is 0.614. The van der Waals surface area contributed by atoms with E-state index in [2.05, 4.69) is 0 Å². The van der Waals surface area contributed by atoms with Crippen LogP contribution in [0.3, 0.4) is 0 Å². The van der Waals surface area contributed by atoms with Crippen LogP contribution in [0, 0.1) is 11.8 Å². The van der Waals surface area contributed by atoms with Crippen molar-refractivity contribution in [2.75, 3.05) is 7.11 Å². The van der Waals surface area contributed by atoms with Crippen LogP contribution < -0.4 is 0 Å². The van der Waals surface area contributed by atoms with E-state index in [0.717, 1.165) is 12.7 Å². The molecule has 0 aromatic heterocycles. The fourth-order valence-corrected chi connectivity index (χ4v) is 2.38. The van der Waals surface area contributed by atoms with Gasteiger partial charge in [0.1, 0.15) is 6.29 Å². The fourth-order valence-electron chi connectivity index (χ4n) is 2.38.